The van der Waals surface area contributed by atoms with Gasteiger partial charge in [0.2, 0.25) is 0 Å². The second-order valence-electron chi connectivity index (χ2n) is 1.12. The van der Waals surface area contributed by atoms with Gasteiger partial charge in [0.05, 0.1) is 5.69 Å². The van der Waals surface area contributed by atoms with Gasteiger partial charge in [-0.3, -0.25) is 5.10 Å². The lowest BCUT2D eigenvalue weighted by Gasteiger charge is -1.68. The fraction of sp³-hybridized carbons (Fsp3) is 0. The van der Waals surface area contributed by atoms with Crippen molar-refractivity contribution in [2.75, 3.05) is 0 Å². The predicted octanol–water partition coefficient (Wildman–Crippen LogP) is 0.758. The number of H-pyrrole nitrogens is 1. The van der Waals surface area contributed by atoms with Crippen molar-refractivity contribution in [3.63, 3.8) is 0 Å². The third-order valence-corrected chi connectivity index (χ3v) is 0.885. The third kappa shape index (κ3) is 0.838. The zero-order valence-electron chi connectivity index (χ0n) is 3.59. The minimum absolute atomic E-state index is 0.815. The number of hydrogen-bond acceptors (Lipinski definition) is 2. The fourth-order valence-electron chi connectivity index (χ4n) is 0.337. The van der Waals surface area contributed by atoms with Gasteiger partial charge >= 0.3 is 0 Å². The molecule has 1 aromatic heterocycles. The fourth-order valence-corrected chi connectivity index (χ4v) is 0.469. The molecule has 36 valence electrons. The number of nitrogens with zero attached hydrogens (tertiary/aromatic N) is 1. The molecule has 0 aliphatic carbocycles. The molecule has 1 rings (SSSR count). The van der Waals surface area contributed by atoms with E-state index in [1.165, 1.54) is 5.37 Å². The number of nitrogens with one attached hydrogen (secondary N) is 1. The Hall–Kier alpha value is -0.700. The van der Waals surface area contributed by atoms with Gasteiger partial charge in [-0.1, -0.05) is 12.2 Å². The molecule has 1 N–H and O–H groups in total. The molecule has 0 saturated heterocycles. The number of rotatable bonds is 1. The van der Waals surface area contributed by atoms with Crippen LogP contribution in [0.1, 0.15) is 5.69 Å². The van der Waals surface area contributed by atoms with Crippen molar-refractivity contribution in [1.82, 2.24) is 10.2 Å². The van der Waals surface area contributed by atoms with Gasteiger partial charge in [-0.15, -0.1) is 0 Å². The molecule has 0 fully saturated rings. The molecule has 0 aromatic carbocycles. The van der Waals surface area contributed by atoms with E-state index in [0.29, 0.717) is 0 Å². The van der Waals surface area contributed by atoms with E-state index < -0.39 is 0 Å². The van der Waals surface area contributed by atoms with E-state index >= 15 is 0 Å². The van der Waals surface area contributed by atoms with Crippen molar-refractivity contribution in [3.8, 4) is 0 Å². The molecule has 0 aliphatic heterocycles. The number of aromatic amines is 1. The van der Waals surface area contributed by atoms with Crippen LogP contribution in [0.15, 0.2) is 12.3 Å². The largest absolute Gasteiger partial charge is 0.285 e. The first kappa shape index (κ1) is 4.46. The summed E-state index contributed by atoms with van der Waals surface area (Å²) in [4.78, 5) is 0. The van der Waals surface area contributed by atoms with Crippen LogP contribution in [0.25, 0.3) is 0 Å². The Bertz CT molecular complexity index is 145. The van der Waals surface area contributed by atoms with E-state index in [-0.39, 0.29) is 0 Å². The van der Waals surface area contributed by atoms with E-state index in [9.17, 15) is 0 Å². The van der Waals surface area contributed by atoms with Crippen LogP contribution in [-0.2, 0) is 0 Å². The minimum atomic E-state index is 0.815. The highest BCUT2D eigenvalue weighted by Gasteiger charge is 1.80. The zero-order valence-corrected chi connectivity index (χ0v) is 4.40. The molecular weight excluding hydrogens is 108 g/mol. The summed E-state index contributed by atoms with van der Waals surface area (Å²) >= 11 is 4.56. The Labute approximate surface area is 46.6 Å². The van der Waals surface area contributed by atoms with Gasteiger partial charge in [0.25, 0.3) is 0 Å². The van der Waals surface area contributed by atoms with Crippen LogP contribution in [0.5, 0.6) is 0 Å². The van der Waals surface area contributed by atoms with Crippen molar-refractivity contribution in [2.24, 2.45) is 0 Å². The summed E-state index contributed by atoms with van der Waals surface area (Å²) in [5, 5.41) is 7.91. The van der Waals surface area contributed by atoms with Crippen molar-refractivity contribution in [1.29, 1.82) is 0 Å². The monoisotopic (exact) mass is 112 g/mol. The van der Waals surface area contributed by atoms with Crippen LogP contribution in [0.4, 0.5) is 0 Å². The molecule has 0 aliphatic rings. The van der Waals surface area contributed by atoms with Gasteiger partial charge in [-0.2, -0.15) is 5.10 Å². The molecule has 0 radical (unpaired) electrons. The summed E-state index contributed by atoms with van der Waals surface area (Å²) in [6.07, 6.45) is 1.73. The molecular formula is C4H4N2S. The normalized spacial score (nSPS) is 8.57. The second-order valence-corrected chi connectivity index (χ2v) is 1.35. The minimum Gasteiger partial charge on any atom is -0.285 e. The third-order valence-electron chi connectivity index (χ3n) is 0.643. The summed E-state index contributed by atoms with van der Waals surface area (Å²) in [5.74, 6) is 0. The molecule has 1 aromatic rings. The maximum Gasteiger partial charge on any atom is 0.0955 e. The number of aromatic nitrogens is 2. The molecule has 0 bridgehead atoms. The highest BCUT2D eigenvalue weighted by molar-refractivity contribution is 7.79. The van der Waals surface area contributed by atoms with Gasteiger partial charge < -0.3 is 0 Å². The lowest BCUT2D eigenvalue weighted by Crippen LogP contribution is -1.73. The maximum absolute atomic E-state index is 4.56. The van der Waals surface area contributed by atoms with Crippen molar-refractivity contribution in [3.05, 3.63) is 18.0 Å². The predicted molar refractivity (Wildman–Crippen MR) is 31.3 cm³/mol. The number of thiocarbonyl (C=S) groups is 1. The summed E-state index contributed by atoms with van der Waals surface area (Å²) in [6.45, 7) is 0. The van der Waals surface area contributed by atoms with Gasteiger partial charge in [0, 0.05) is 11.6 Å². The Kier molecular flexibility index (Phi) is 1.17. The highest BCUT2D eigenvalue weighted by atomic mass is 32.1. The van der Waals surface area contributed by atoms with E-state index in [1.54, 1.807) is 6.20 Å². The molecule has 0 unspecified atom stereocenters. The van der Waals surface area contributed by atoms with Crippen molar-refractivity contribution in [2.45, 2.75) is 0 Å². The molecule has 0 spiro atoms. The lowest BCUT2D eigenvalue weighted by molar-refractivity contribution is 1.08. The first-order valence-corrected chi connectivity index (χ1v) is 2.35. The van der Waals surface area contributed by atoms with Crippen LogP contribution < -0.4 is 0 Å². The second kappa shape index (κ2) is 1.84. The Balaban J connectivity index is 2.96. The molecule has 1 heterocycles. The standard InChI is InChI=1S/C4H4N2S/c7-3-4-1-2-5-6-4/h1-3H,(H,5,6). The molecule has 0 atom stereocenters. The van der Waals surface area contributed by atoms with E-state index in [0.717, 1.165) is 5.69 Å². The quantitative estimate of drug-likeness (QED) is 0.543. The van der Waals surface area contributed by atoms with Gasteiger partial charge in [-0.25, -0.2) is 0 Å². The van der Waals surface area contributed by atoms with Crippen LogP contribution >= 0.6 is 12.2 Å². The SMILES string of the molecule is S=Cc1cc[nH]n1. The summed E-state index contributed by atoms with van der Waals surface area (Å²) in [7, 11) is 0. The van der Waals surface area contributed by atoms with Crippen LogP contribution in [0.2, 0.25) is 0 Å². The van der Waals surface area contributed by atoms with Gasteiger partial charge in [-0.05, 0) is 6.07 Å². The van der Waals surface area contributed by atoms with Gasteiger partial charge in [0.1, 0.15) is 0 Å². The van der Waals surface area contributed by atoms with E-state index in [2.05, 4.69) is 22.4 Å². The topological polar surface area (TPSA) is 28.7 Å². The lowest BCUT2D eigenvalue weighted by atomic mass is 10.5. The van der Waals surface area contributed by atoms with Crippen molar-refractivity contribution < 1.29 is 0 Å². The van der Waals surface area contributed by atoms with Crippen LogP contribution in [0, 0.1) is 0 Å². The molecule has 2 nitrogen and oxygen atoms in total. The Morgan fingerprint density at radius 2 is 2.71 bits per heavy atom. The molecule has 3 heteroatoms. The van der Waals surface area contributed by atoms with Gasteiger partial charge in [0.15, 0.2) is 0 Å². The van der Waals surface area contributed by atoms with E-state index in [4.69, 9.17) is 0 Å². The maximum atomic E-state index is 4.56. The Morgan fingerprint density at radius 1 is 1.86 bits per heavy atom. The average molecular weight is 112 g/mol. The zero-order chi connectivity index (χ0) is 5.11. The first-order chi connectivity index (χ1) is 3.43. The van der Waals surface area contributed by atoms with Crippen LogP contribution in [-0.4, -0.2) is 15.6 Å². The first-order valence-electron chi connectivity index (χ1n) is 1.88. The van der Waals surface area contributed by atoms with Crippen molar-refractivity contribution >= 4 is 17.6 Å². The van der Waals surface area contributed by atoms with Crippen LogP contribution in [0.3, 0.4) is 0 Å². The summed E-state index contributed by atoms with van der Waals surface area (Å²) in [6, 6.07) is 1.81. The Morgan fingerprint density at radius 3 is 3.00 bits per heavy atom. The average Bonchev–Trinajstić information content (AvgIpc) is 2.14. The molecule has 0 saturated carbocycles. The highest BCUT2D eigenvalue weighted by Crippen LogP contribution is 1.82. The molecule has 7 heavy (non-hydrogen) atoms. The summed E-state index contributed by atoms with van der Waals surface area (Å²) < 4.78 is 0. The van der Waals surface area contributed by atoms with E-state index in [1.807, 2.05) is 6.07 Å². The summed E-state index contributed by atoms with van der Waals surface area (Å²) in [5.41, 5.74) is 0.815. The smallest absolute Gasteiger partial charge is 0.0955 e. The molecule has 0 amide bonds. The number of hydrogen-bond donors (Lipinski definition) is 1.